The molecule has 0 saturated heterocycles. The molecule has 3 heteroatoms. The molecule has 0 aliphatic heterocycles. The summed E-state index contributed by atoms with van der Waals surface area (Å²) >= 11 is 0. The van der Waals surface area contributed by atoms with Gasteiger partial charge in [-0.2, -0.15) is 0 Å². The van der Waals surface area contributed by atoms with Gasteiger partial charge in [-0.3, -0.25) is 4.79 Å². The molecule has 0 bridgehead atoms. The van der Waals surface area contributed by atoms with Gasteiger partial charge in [-0.1, -0.05) is 35.9 Å². The number of carbonyl (C=O) groups is 1. The molecular weight excluding hydrogens is 276 g/mol. The molecule has 22 heavy (non-hydrogen) atoms. The third-order valence-corrected chi connectivity index (χ3v) is 3.48. The number of allylic oxidation sites excluding steroid dienone is 1. The number of hydrogen-bond acceptors (Lipinski definition) is 3. The minimum atomic E-state index is -0.00714. The molecule has 0 amide bonds. The van der Waals surface area contributed by atoms with Crippen LogP contribution < -0.4 is 9.47 Å². The predicted octanol–water partition coefficient (Wildman–Crippen LogP) is 4.22. The Labute approximate surface area is 131 Å². The molecule has 0 aromatic heterocycles. The summed E-state index contributed by atoms with van der Waals surface area (Å²) in [6, 6.07) is 11.4. The zero-order valence-electron chi connectivity index (χ0n) is 13.3. The maximum Gasteiger partial charge on any atom is 0.186 e. The summed E-state index contributed by atoms with van der Waals surface area (Å²) in [7, 11) is 3.18. The lowest BCUT2D eigenvalue weighted by Gasteiger charge is -2.07. The van der Waals surface area contributed by atoms with E-state index in [-0.39, 0.29) is 5.78 Å². The molecule has 0 aliphatic carbocycles. The van der Waals surface area contributed by atoms with Crippen LogP contribution in [0.2, 0.25) is 0 Å². The number of ketones is 1. The second kappa shape index (κ2) is 6.94. The summed E-state index contributed by atoms with van der Waals surface area (Å²) in [4.78, 5) is 12.3. The van der Waals surface area contributed by atoms with Gasteiger partial charge in [0.1, 0.15) is 0 Å². The van der Waals surface area contributed by atoms with Crippen molar-refractivity contribution in [2.45, 2.75) is 13.8 Å². The van der Waals surface area contributed by atoms with Crippen molar-refractivity contribution in [3.63, 3.8) is 0 Å². The van der Waals surface area contributed by atoms with Crippen LogP contribution in [0, 0.1) is 13.8 Å². The first-order valence-electron chi connectivity index (χ1n) is 7.07. The van der Waals surface area contributed by atoms with Gasteiger partial charge in [-0.25, -0.2) is 0 Å². The first-order chi connectivity index (χ1) is 10.5. The molecule has 0 aliphatic rings. The lowest BCUT2D eigenvalue weighted by atomic mass is 10.0. The maximum absolute atomic E-state index is 12.3. The third-order valence-electron chi connectivity index (χ3n) is 3.48. The summed E-state index contributed by atoms with van der Waals surface area (Å²) in [6.45, 7) is 3.96. The van der Waals surface area contributed by atoms with Crippen molar-refractivity contribution in [2.75, 3.05) is 14.2 Å². The average Bonchev–Trinajstić information content (AvgIpc) is 2.52. The minimum Gasteiger partial charge on any atom is -0.493 e. The van der Waals surface area contributed by atoms with Crippen LogP contribution in [-0.4, -0.2) is 20.0 Å². The van der Waals surface area contributed by atoms with E-state index in [0.29, 0.717) is 11.5 Å². The molecule has 0 N–H and O–H groups in total. The molecule has 0 atom stereocenters. The van der Waals surface area contributed by atoms with Gasteiger partial charge in [-0.15, -0.1) is 0 Å². The highest BCUT2D eigenvalue weighted by Gasteiger charge is 2.06. The van der Waals surface area contributed by atoms with Crippen molar-refractivity contribution in [2.24, 2.45) is 0 Å². The number of methoxy groups -OCH3 is 2. The van der Waals surface area contributed by atoms with Crippen LogP contribution in [0.1, 0.15) is 27.0 Å². The number of aryl methyl sites for hydroxylation is 2. The van der Waals surface area contributed by atoms with Crippen LogP contribution in [0.25, 0.3) is 6.08 Å². The Balaban J connectivity index is 2.22. The summed E-state index contributed by atoms with van der Waals surface area (Å²) in [5, 5.41) is 0. The Morgan fingerprint density at radius 3 is 2.32 bits per heavy atom. The van der Waals surface area contributed by atoms with Gasteiger partial charge in [0.05, 0.1) is 14.2 Å². The van der Waals surface area contributed by atoms with Crippen molar-refractivity contribution in [1.29, 1.82) is 0 Å². The van der Waals surface area contributed by atoms with E-state index in [2.05, 4.69) is 0 Å². The van der Waals surface area contributed by atoms with E-state index in [1.807, 2.05) is 50.2 Å². The number of rotatable bonds is 5. The quantitative estimate of drug-likeness (QED) is 0.612. The van der Waals surface area contributed by atoms with Gasteiger partial charge in [-0.05, 0) is 43.2 Å². The zero-order valence-corrected chi connectivity index (χ0v) is 13.3. The van der Waals surface area contributed by atoms with Gasteiger partial charge in [0, 0.05) is 5.56 Å². The predicted molar refractivity (Wildman–Crippen MR) is 88.8 cm³/mol. The largest absolute Gasteiger partial charge is 0.493 e. The van der Waals surface area contributed by atoms with Crippen molar-refractivity contribution in [1.82, 2.24) is 0 Å². The van der Waals surface area contributed by atoms with E-state index in [1.54, 1.807) is 26.4 Å². The SMILES string of the molecule is COc1ccc(C=CC(=O)c2ccc(C)cc2C)cc1OC. The van der Waals surface area contributed by atoms with E-state index in [0.717, 1.165) is 22.3 Å². The molecule has 2 aromatic rings. The van der Waals surface area contributed by atoms with E-state index in [4.69, 9.17) is 9.47 Å². The van der Waals surface area contributed by atoms with Crippen molar-refractivity contribution in [3.8, 4) is 11.5 Å². The average molecular weight is 296 g/mol. The standard InChI is InChI=1S/C19H20O3/c1-13-5-8-16(14(2)11-13)17(20)9-6-15-7-10-18(21-3)19(12-15)22-4/h5-12H,1-4H3. The lowest BCUT2D eigenvalue weighted by molar-refractivity contribution is 0.104. The van der Waals surface area contributed by atoms with Crippen LogP contribution in [0.5, 0.6) is 11.5 Å². The van der Waals surface area contributed by atoms with Crippen LogP contribution in [-0.2, 0) is 0 Å². The highest BCUT2D eigenvalue weighted by molar-refractivity contribution is 6.07. The Morgan fingerprint density at radius 1 is 0.955 bits per heavy atom. The fourth-order valence-electron chi connectivity index (χ4n) is 2.31. The van der Waals surface area contributed by atoms with Crippen molar-refractivity contribution < 1.29 is 14.3 Å². The molecule has 3 nitrogen and oxygen atoms in total. The number of carbonyl (C=O) groups excluding carboxylic acids is 1. The first kappa shape index (κ1) is 15.8. The molecule has 0 unspecified atom stereocenters. The van der Waals surface area contributed by atoms with E-state index < -0.39 is 0 Å². The second-order valence-electron chi connectivity index (χ2n) is 5.13. The fourth-order valence-corrected chi connectivity index (χ4v) is 2.31. The summed E-state index contributed by atoms with van der Waals surface area (Å²) in [5.74, 6) is 1.30. The number of ether oxygens (including phenoxy) is 2. The molecule has 0 fully saturated rings. The summed E-state index contributed by atoms with van der Waals surface area (Å²) < 4.78 is 10.5. The van der Waals surface area contributed by atoms with E-state index in [9.17, 15) is 4.79 Å². The molecule has 0 saturated carbocycles. The molecular formula is C19H20O3. The smallest absolute Gasteiger partial charge is 0.186 e. The van der Waals surface area contributed by atoms with Gasteiger partial charge in [0.25, 0.3) is 0 Å². The molecule has 2 aromatic carbocycles. The number of hydrogen-bond donors (Lipinski definition) is 0. The molecule has 0 heterocycles. The molecule has 114 valence electrons. The number of benzene rings is 2. The first-order valence-corrected chi connectivity index (χ1v) is 7.07. The van der Waals surface area contributed by atoms with Crippen LogP contribution in [0.3, 0.4) is 0 Å². The second-order valence-corrected chi connectivity index (χ2v) is 5.13. The van der Waals surface area contributed by atoms with Crippen LogP contribution in [0.15, 0.2) is 42.5 Å². The Hall–Kier alpha value is -2.55. The zero-order chi connectivity index (χ0) is 16.1. The van der Waals surface area contributed by atoms with Gasteiger partial charge in [0.2, 0.25) is 0 Å². The minimum absolute atomic E-state index is 0.00714. The van der Waals surface area contributed by atoms with Gasteiger partial charge in [0.15, 0.2) is 17.3 Å². The van der Waals surface area contributed by atoms with Crippen LogP contribution >= 0.6 is 0 Å². The summed E-state index contributed by atoms with van der Waals surface area (Å²) in [6.07, 6.45) is 3.36. The monoisotopic (exact) mass is 296 g/mol. The third kappa shape index (κ3) is 3.55. The van der Waals surface area contributed by atoms with E-state index >= 15 is 0 Å². The highest BCUT2D eigenvalue weighted by atomic mass is 16.5. The Morgan fingerprint density at radius 2 is 1.68 bits per heavy atom. The van der Waals surface area contributed by atoms with E-state index in [1.165, 1.54) is 0 Å². The topological polar surface area (TPSA) is 35.5 Å². The van der Waals surface area contributed by atoms with Crippen molar-refractivity contribution in [3.05, 3.63) is 64.7 Å². The normalized spacial score (nSPS) is 10.7. The van der Waals surface area contributed by atoms with Gasteiger partial charge >= 0.3 is 0 Å². The lowest BCUT2D eigenvalue weighted by Crippen LogP contribution is -1.98. The Bertz CT molecular complexity index is 715. The van der Waals surface area contributed by atoms with Crippen molar-refractivity contribution >= 4 is 11.9 Å². The fraction of sp³-hybridized carbons (Fsp3) is 0.211. The molecule has 0 spiro atoms. The Kier molecular flexibility index (Phi) is 4.99. The molecule has 2 rings (SSSR count). The maximum atomic E-state index is 12.3. The van der Waals surface area contributed by atoms with Gasteiger partial charge < -0.3 is 9.47 Å². The van der Waals surface area contributed by atoms with Crippen LogP contribution in [0.4, 0.5) is 0 Å². The molecule has 0 radical (unpaired) electrons. The highest BCUT2D eigenvalue weighted by Crippen LogP contribution is 2.28. The summed E-state index contributed by atoms with van der Waals surface area (Å²) in [5.41, 5.74) is 3.75.